The average Bonchev–Trinajstić information content (AvgIpc) is 3.02. The Labute approximate surface area is 151 Å². The Kier molecular flexibility index (Phi) is 6.76. The molecule has 8 nitrogen and oxygen atoms in total. The van der Waals surface area contributed by atoms with Gasteiger partial charge >= 0.3 is 0 Å². The highest BCUT2D eigenvalue weighted by atomic mass is 79.9. The van der Waals surface area contributed by atoms with Crippen molar-refractivity contribution < 1.29 is 14.6 Å². The number of benzene rings is 1. The number of rotatable bonds is 6. The fourth-order valence-corrected chi connectivity index (χ4v) is 2.81. The lowest BCUT2D eigenvalue weighted by Crippen LogP contribution is -2.25. The molecule has 1 heterocycles. The largest absolute Gasteiger partial charge is 0.356 e. The quantitative estimate of drug-likeness (QED) is 0.288. The minimum absolute atomic E-state index is 0.0744. The molecular weight excluding hydrogens is 398 g/mol. The zero-order valence-corrected chi connectivity index (χ0v) is 15.4. The van der Waals surface area contributed by atoms with Crippen molar-refractivity contribution in [3.63, 3.8) is 0 Å². The van der Waals surface area contributed by atoms with Crippen LogP contribution >= 0.6 is 27.7 Å². The number of carbonyl (C=O) groups is 1. The van der Waals surface area contributed by atoms with E-state index in [9.17, 15) is 10.0 Å². The molecule has 2 rings (SSSR count). The van der Waals surface area contributed by atoms with Crippen LogP contribution in [0.4, 0.5) is 5.69 Å². The number of hydroxylamine groups is 1. The van der Waals surface area contributed by atoms with Crippen LogP contribution in [-0.4, -0.2) is 39.6 Å². The molecule has 0 aliphatic carbocycles. The van der Waals surface area contributed by atoms with Crippen LogP contribution in [0.15, 0.2) is 37.3 Å². The van der Waals surface area contributed by atoms with E-state index >= 15 is 0 Å². The van der Waals surface area contributed by atoms with Gasteiger partial charge in [-0.1, -0.05) is 33.8 Å². The van der Waals surface area contributed by atoms with E-state index in [1.165, 1.54) is 0 Å². The molecule has 10 heteroatoms. The van der Waals surface area contributed by atoms with E-state index in [1.54, 1.807) is 6.07 Å². The number of aliphatic imine (C=N–C) groups is 1. The standard InChI is InChI=1S/C14H16BrN5O3S/c1-3-16-11(21)7-24-14-12(19-23-20-14)13(18-22)17-9-5-4-8(2)10(15)6-9/h4-6,22H,3,7H2,1-2H3,(H,16,21)(H,17,18). The third-order valence-corrected chi connectivity index (χ3v) is 4.70. The van der Waals surface area contributed by atoms with Gasteiger partial charge in [-0.05, 0) is 41.9 Å². The number of amides is 1. The van der Waals surface area contributed by atoms with Crippen LogP contribution < -0.4 is 10.8 Å². The summed E-state index contributed by atoms with van der Waals surface area (Å²) in [5.41, 5.74) is 3.89. The van der Waals surface area contributed by atoms with Gasteiger partial charge in [-0.3, -0.25) is 15.5 Å². The van der Waals surface area contributed by atoms with Gasteiger partial charge in [0.25, 0.3) is 0 Å². The van der Waals surface area contributed by atoms with Crippen molar-refractivity contribution in [2.75, 3.05) is 12.3 Å². The minimum Gasteiger partial charge on any atom is -0.356 e. The minimum atomic E-state index is -0.130. The Morgan fingerprint density at radius 2 is 2.25 bits per heavy atom. The van der Waals surface area contributed by atoms with E-state index in [4.69, 9.17) is 4.63 Å². The third kappa shape index (κ3) is 4.79. The second-order valence-corrected chi connectivity index (χ2v) is 6.48. The van der Waals surface area contributed by atoms with E-state index in [2.05, 4.69) is 36.6 Å². The molecule has 1 amide bonds. The maximum absolute atomic E-state index is 11.5. The van der Waals surface area contributed by atoms with Crippen molar-refractivity contribution in [1.29, 1.82) is 0 Å². The predicted molar refractivity (Wildman–Crippen MR) is 93.7 cm³/mol. The highest BCUT2D eigenvalue weighted by Gasteiger charge is 2.18. The van der Waals surface area contributed by atoms with E-state index in [-0.39, 0.29) is 23.2 Å². The van der Waals surface area contributed by atoms with Crippen LogP contribution in [0.5, 0.6) is 0 Å². The van der Waals surface area contributed by atoms with Crippen molar-refractivity contribution >= 4 is 45.1 Å². The molecule has 0 unspecified atom stereocenters. The van der Waals surface area contributed by atoms with Gasteiger partial charge in [-0.15, -0.1) is 0 Å². The number of nitrogens with zero attached hydrogens (tertiary/aromatic N) is 3. The van der Waals surface area contributed by atoms with Crippen molar-refractivity contribution in [2.24, 2.45) is 4.99 Å². The molecule has 0 aliphatic rings. The first-order chi connectivity index (χ1) is 11.5. The monoisotopic (exact) mass is 413 g/mol. The molecule has 128 valence electrons. The molecule has 2 aromatic rings. The van der Waals surface area contributed by atoms with Crippen molar-refractivity contribution in [2.45, 2.75) is 18.9 Å². The van der Waals surface area contributed by atoms with Crippen molar-refractivity contribution in [3.8, 4) is 0 Å². The topological polar surface area (TPSA) is 113 Å². The zero-order valence-electron chi connectivity index (χ0n) is 13.0. The highest BCUT2D eigenvalue weighted by molar-refractivity contribution is 9.10. The first kappa shape index (κ1) is 18.4. The summed E-state index contributed by atoms with van der Waals surface area (Å²) in [7, 11) is 0. The van der Waals surface area contributed by atoms with Crippen LogP contribution in [0.2, 0.25) is 0 Å². The Morgan fingerprint density at radius 1 is 1.46 bits per heavy atom. The van der Waals surface area contributed by atoms with Gasteiger partial charge in [0, 0.05) is 11.0 Å². The molecular formula is C14H16BrN5O3S. The summed E-state index contributed by atoms with van der Waals surface area (Å²) in [6.07, 6.45) is 0. The predicted octanol–water partition coefficient (Wildman–Crippen LogP) is 2.43. The summed E-state index contributed by atoms with van der Waals surface area (Å²) in [6, 6.07) is 5.50. The number of amidine groups is 1. The number of aromatic nitrogens is 2. The first-order valence-electron chi connectivity index (χ1n) is 7.02. The molecule has 0 bridgehead atoms. The molecule has 0 atom stereocenters. The van der Waals surface area contributed by atoms with Gasteiger partial charge < -0.3 is 5.32 Å². The summed E-state index contributed by atoms with van der Waals surface area (Å²) in [5.74, 6) is 0.101. The van der Waals surface area contributed by atoms with E-state index < -0.39 is 0 Å². The van der Waals surface area contributed by atoms with E-state index in [1.807, 2.05) is 31.5 Å². The van der Waals surface area contributed by atoms with Crippen LogP contribution in [0.25, 0.3) is 0 Å². The summed E-state index contributed by atoms with van der Waals surface area (Å²) in [5, 5.41) is 19.9. The van der Waals surface area contributed by atoms with Gasteiger partial charge in [0.1, 0.15) is 0 Å². The molecule has 24 heavy (non-hydrogen) atoms. The normalized spacial score (nSPS) is 11.4. The Morgan fingerprint density at radius 3 is 2.92 bits per heavy atom. The Bertz CT molecular complexity index is 750. The number of aryl methyl sites for hydroxylation is 1. The van der Waals surface area contributed by atoms with Crippen LogP contribution in [0.3, 0.4) is 0 Å². The van der Waals surface area contributed by atoms with Gasteiger partial charge in [-0.2, -0.15) is 0 Å². The molecule has 3 N–H and O–H groups in total. The van der Waals surface area contributed by atoms with Crippen LogP contribution in [-0.2, 0) is 4.79 Å². The molecule has 1 aromatic carbocycles. The van der Waals surface area contributed by atoms with E-state index in [0.717, 1.165) is 21.8 Å². The highest BCUT2D eigenvalue weighted by Crippen LogP contribution is 2.24. The smallest absolute Gasteiger partial charge is 0.230 e. The maximum atomic E-state index is 11.5. The number of thioether (sulfide) groups is 1. The number of nitrogens with one attached hydrogen (secondary N) is 2. The number of hydrogen-bond donors (Lipinski definition) is 3. The maximum Gasteiger partial charge on any atom is 0.230 e. The van der Waals surface area contributed by atoms with Crippen molar-refractivity contribution in [3.05, 3.63) is 33.9 Å². The Balaban J connectivity index is 2.21. The zero-order chi connectivity index (χ0) is 17.5. The van der Waals surface area contributed by atoms with Gasteiger partial charge in [0.05, 0.1) is 11.4 Å². The second-order valence-electron chi connectivity index (χ2n) is 4.67. The fourth-order valence-electron chi connectivity index (χ4n) is 1.71. The molecule has 0 fully saturated rings. The van der Waals surface area contributed by atoms with Crippen molar-refractivity contribution in [1.82, 2.24) is 21.1 Å². The van der Waals surface area contributed by atoms with Crippen LogP contribution in [0, 0.1) is 6.92 Å². The van der Waals surface area contributed by atoms with Gasteiger partial charge in [-0.25, -0.2) is 9.62 Å². The molecule has 0 spiro atoms. The summed E-state index contributed by atoms with van der Waals surface area (Å²) in [6.45, 7) is 4.35. The fraction of sp³-hybridized carbons (Fsp3) is 0.286. The second kappa shape index (κ2) is 8.81. The number of halogens is 1. The number of hydrogen-bond acceptors (Lipinski definition) is 7. The van der Waals surface area contributed by atoms with Gasteiger partial charge in [0.15, 0.2) is 16.6 Å². The lowest BCUT2D eigenvalue weighted by atomic mass is 10.2. The molecule has 0 aliphatic heterocycles. The molecule has 0 saturated carbocycles. The Hall–Kier alpha value is -1.91. The van der Waals surface area contributed by atoms with Crippen LogP contribution in [0.1, 0.15) is 18.2 Å². The summed E-state index contributed by atoms with van der Waals surface area (Å²) >= 11 is 4.57. The SMILES string of the molecule is CCNC(=O)CSc1nonc1C(=Nc1ccc(C)c(Br)c1)NO. The van der Waals surface area contributed by atoms with E-state index in [0.29, 0.717) is 17.3 Å². The lowest BCUT2D eigenvalue weighted by Gasteiger charge is -2.04. The summed E-state index contributed by atoms with van der Waals surface area (Å²) < 4.78 is 5.60. The number of carbonyl (C=O) groups excluding carboxylic acids is 1. The molecule has 0 radical (unpaired) electrons. The van der Waals surface area contributed by atoms with Gasteiger partial charge in [0.2, 0.25) is 5.91 Å². The molecule has 1 aromatic heterocycles. The molecule has 0 saturated heterocycles. The third-order valence-electron chi connectivity index (χ3n) is 2.90. The summed E-state index contributed by atoms with van der Waals surface area (Å²) in [4.78, 5) is 15.8. The first-order valence-corrected chi connectivity index (χ1v) is 8.80. The lowest BCUT2D eigenvalue weighted by molar-refractivity contribution is -0.118. The average molecular weight is 414 g/mol.